The van der Waals surface area contributed by atoms with Crippen molar-refractivity contribution in [2.24, 2.45) is 0 Å². The predicted octanol–water partition coefficient (Wildman–Crippen LogP) is 5.53. The Labute approximate surface area is 135 Å². The molecule has 0 radical (unpaired) electrons. The van der Waals surface area contributed by atoms with Crippen molar-refractivity contribution >= 4 is 44.4 Å². The molecule has 0 aliphatic rings. The van der Waals surface area contributed by atoms with Gasteiger partial charge >= 0.3 is 0 Å². The van der Waals surface area contributed by atoms with E-state index in [0.29, 0.717) is 0 Å². The van der Waals surface area contributed by atoms with E-state index in [1.54, 1.807) is 0 Å². The molecule has 102 valence electrons. The topological polar surface area (TPSA) is 4.93 Å². The number of fused-ring (bicyclic) bond motifs is 3. The molecule has 0 unspecified atom stereocenters. The summed E-state index contributed by atoms with van der Waals surface area (Å²) in [5.41, 5.74) is 3.26. The highest BCUT2D eigenvalue weighted by Gasteiger charge is 2.11. The smallest absolute Gasteiger partial charge is 0.123 e. The first-order valence-corrected chi connectivity index (χ1v) is 7.76. The summed E-state index contributed by atoms with van der Waals surface area (Å²) in [6.07, 6.45) is 0. The van der Waals surface area contributed by atoms with Gasteiger partial charge < -0.3 is 4.57 Å². The van der Waals surface area contributed by atoms with Crippen LogP contribution in [0.15, 0.2) is 66.7 Å². The third-order valence-electron chi connectivity index (χ3n) is 3.72. The Balaban J connectivity index is 2.18. The minimum Gasteiger partial charge on any atom is -0.309 e. The molecule has 1 nitrogen and oxygen atoms in total. The van der Waals surface area contributed by atoms with Gasteiger partial charge in [0, 0.05) is 20.0 Å². The van der Waals surface area contributed by atoms with Crippen molar-refractivity contribution in [1.29, 1.82) is 0 Å². The average Bonchev–Trinajstić information content (AvgIpc) is 2.82. The molecular weight excluding hydrogens is 376 g/mol. The first-order valence-electron chi connectivity index (χ1n) is 6.69. The standard InChI is InChI=1S/C18H11FIN/c19-12-5-8-14(9-6-12)21-17-4-2-1-3-15(17)16-10-7-13(20)11-18(16)21/h1-11H. The zero-order chi connectivity index (χ0) is 14.4. The minimum atomic E-state index is -0.214. The third-order valence-corrected chi connectivity index (χ3v) is 4.39. The van der Waals surface area contributed by atoms with Crippen molar-refractivity contribution in [3.05, 3.63) is 76.1 Å². The number of para-hydroxylation sites is 1. The average molecular weight is 387 g/mol. The predicted molar refractivity (Wildman–Crippen MR) is 93.5 cm³/mol. The molecule has 0 aliphatic heterocycles. The molecule has 0 aliphatic carbocycles. The van der Waals surface area contributed by atoms with Crippen molar-refractivity contribution < 1.29 is 4.39 Å². The quantitative estimate of drug-likeness (QED) is 0.379. The zero-order valence-electron chi connectivity index (χ0n) is 11.1. The molecule has 4 aromatic rings. The summed E-state index contributed by atoms with van der Waals surface area (Å²) < 4.78 is 16.6. The van der Waals surface area contributed by atoms with E-state index >= 15 is 0 Å². The van der Waals surface area contributed by atoms with Gasteiger partial charge in [0.2, 0.25) is 0 Å². The Morgan fingerprint density at radius 1 is 0.762 bits per heavy atom. The molecule has 4 rings (SSSR count). The highest BCUT2D eigenvalue weighted by atomic mass is 127. The zero-order valence-corrected chi connectivity index (χ0v) is 13.2. The first kappa shape index (κ1) is 12.8. The number of halogens is 2. The highest BCUT2D eigenvalue weighted by molar-refractivity contribution is 14.1. The van der Waals surface area contributed by atoms with Crippen molar-refractivity contribution in [2.45, 2.75) is 0 Å². The maximum absolute atomic E-state index is 13.2. The van der Waals surface area contributed by atoms with E-state index in [2.05, 4.69) is 63.6 Å². The van der Waals surface area contributed by atoms with Crippen LogP contribution in [0.2, 0.25) is 0 Å². The molecule has 21 heavy (non-hydrogen) atoms. The van der Waals surface area contributed by atoms with Crippen LogP contribution in [0.5, 0.6) is 0 Å². The molecule has 0 N–H and O–H groups in total. The number of nitrogens with zero attached hydrogens (tertiary/aromatic N) is 1. The monoisotopic (exact) mass is 387 g/mol. The van der Waals surface area contributed by atoms with Gasteiger partial charge in [0.15, 0.2) is 0 Å². The lowest BCUT2D eigenvalue weighted by atomic mass is 10.2. The Bertz CT molecular complexity index is 954. The summed E-state index contributed by atoms with van der Waals surface area (Å²) in [7, 11) is 0. The molecule has 1 heterocycles. The molecule has 3 heteroatoms. The van der Waals surface area contributed by atoms with E-state index < -0.39 is 0 Å². The van der Waals surface area contributed by atoms with Crippen LogP contribution in [0.25, 0.3) is 27.5 Å². The molecular formula is C18H11FIN. The van der Waals surface area contributed by atoms with Gasteiger partial charge in [-0.2, -0.15) is 0 Å². The maximum Gasteiger partial charge on any atom is 0.123 e. The summed E-state index contributed by atoms with van der Waals surface area (Å²) in [5.74, 6) is -0.214. The van der Waals surface area contributed by atoms with Crippen LogP contribution in [-0.4, -0.2) is 4.57 Å². The van der Waals surface area contributed by atoms with Crippen molar-refractivity contribution in [1.82, 2.24) is 4.57 Å². The summed E-state index contributed by atoms with van der Waals surface area (Å²) >= 11 is 2.32. The maximum atomic E-state index is 13.2. The van der Waals surface area contributed by atoms with Gasteiger partial charge in [-0.05, 0) is 65.1 Å². The SMILES string of the molecule is Fc1ccc(-n2c3ccccc3c3ccc(I)cc32)cc1. The minimum absolute atomic E-state index is 0.214. The van der Waals surface area contributed by atoms with E-state index in [1.807, 2.05) is 18.2 Å². The number of benzene rings is 3. The van der Waals surface area contributed by atoms with Gasteiger partial charge in [0.25, 0.3) is 0 Å². The number of rotatable bonds is 1. The Kier molecular flexibility index (Phi) is 2.96. The first-order chi connectivity index (χ1) is 10.2. The second kappa shape index (κ2) is 4.84. The largest absolute Gasteiger partial charge is 0.309 e. The van der Waals surface area contributed by atoms with Crippen LogP contribution < -0.4 is 0 Å². The van der Waals surface area contributed by atoms with Crippen molar-refractivity contribution in [2.75, 3.05) is 0 Å². The third kappa shape index (κ3) is 2.03. The molecule has 0 saturated carbocycles. The number of aromatic nitrogens is 1. The molecule has 0 bridgehead atoms. The highest BCUT2D eigenvalue weighted by Crippen LogP contribution is 2.32. The fourth-order valence-electron chi connectivity index (χ4n) is 2.81. The van der Waals surface area contributed by atoms with Crippen LogP contribution in [0.1, 0.15) is 0 Å². The molecule has 1 aromatic heterocycles. The van der Waals surface area contributed by atoms with Crippen LogP contribution in [0.3, 0.4) is 0 Å². The molecule has 0 fully saturated rings. The Hall–Kier alpha value is -1.88. The van der Waals surface area contributed by atoms with Gasteiger partial charge in [0.1, 0.15) is 5.82 Å². The van der Waals surface area contributed by atoms with Gasteiger partial charge in [-0.25, -0.2) is 4.39 Å². The lowest BCUT2D eigenvalue weighted by Gasteiger charge is -2.07. The number of hydrogen-bond donors (Lipinski definition) is 0. The van der Waals surface area contributed by atoms with Crippen LogP contribution >= 0.6 is 22.6 Å². The van der Waals surface area contributed by atoms with E-state index in [9.17, 15) is 4.39 Å². The van der Waals surface area contributed by atoms with E-state index in [0.717, 1.165) is 16.7 Å². The van der Waals surface area contributed by atoms with Gasteiger partial charge in [-0.15, -0.1) is 0 Å². The molecule has 0 saturated heterocycles. The van der Waals surface area contributed by atoms with Crippen molar-refractivity contribution in [3.63, 3.8) is 0 Å². The van der Waals surface area contributed by atoms with Crippen LogP contribution in [0, 0.1) is 9.39 Å². The Morgan fingerprint density at radius 3 is 2.29 bits per heavy atom. The van der Waals surface area contributed by atoms with Crippen LogP contribution in [-0.2, 0) is 0 Å². The van der Waals surface area contributed by atoms with E-state index in [1.165, 1.54) is 26.5 Å². The van der Waals surface area contributed by atoms with E-state index in [-0.39, 0.29) is 5.82 Å². The second-order valence-corrected chi connectivity index (χ2v) is 6.24. The summed E-state index contributed by atoms with van der Waals surface area (Å²) in [5, 5.41) is 2.43. The molecule has 3 aromatic carbocycles. The fourth-order valence-corrected chi connectivity index (χ4v) is 3.29. The second-order valence-electron chi connectivity index (χ2n) is 4.99. The molecule has 0 spiro atoms. The normalized spacial score (nSPS) is 11.3. The summed E-state index contributed by atoms with van der Waals surface area (Å²) in [4.78, 5) is 0. The van der Waals surface area contributed by atoms with Gasteiger partial charge in [-0.1, -0.05) is 24.3 Å². The van der Waals surface area contributed by atoms with Crippen LogP contribution in [0.4, 0.5) is 4.39 Å². The summed E-state index contributed by atoms with van der Waals surface area (Å²) in [6, 6.07) is 21.4. The molecule has 0 atom stereocenters. The summed E-state index contributed by atoms with van der Waals surface area (Å²) in [6.45, 7) is 0. The number of hydrogen-bond acceptors (Lipinski definition) is 0. The van der Waals surface area contributed by atoms with Gasteiger partial charge in [0.05, 0.1) is 11.0 Å². The molecule has 0 amide bonds. The lowest BCUT2D eigenvalue weighted by Crippen LogP contribution is -1.93. The van der Waals surface area contributed by atoms with E-state index in [4.69, 9.17) is 0 Å². The van der Waals surface area contributed by atoms with Gasteiger partial charge in [-0.3, -0.25) is 0 Å². The van der Waals surface area contributed by atoms with Crippen molar-refractivity contribution in [3.8, 4) is 5.69 Å². The lowest BCUT2D eigenvalue weighted by molar-refractivity contribution is 0.627. The Morgan fingerprint density at radius 2 is 1.48 bits per heavy atom. The fraction of sp³-hybridized carbons (Fsp3) is 0.